The number of methoxy groups -OCH3 is 1. The number of carboxylic acids is 1. The highest BCUT2D eigenvalue weighted by atomic mass is 16.5. The molecule has 0 aliphatic rings. The second-order valence-corrected chi connectivity index (χ2v) is 4.95. The summed E-state index contributed by atoms with van der Waals surface area (Å²) in [5.74, 6) is -0.692. The Bertz CT molecular complexity index is 476. The average molecular weight is 294 g/mol. The molecule has 1 unspecified atom stereocenters. The van der Waals surface area contributed by atoms with Crippen molar-refractivity contribution in [1.82, 2.24) is 10.6 Å². The van der Waals surface area contributed by atoms with Crippen LogP contribution in [0.5, 0.6) is 0 Å². The van der Waals surface area contributed by atoms with Crippen LogP contribution in [0.1, 0.15) is 22.8 Å². The van der Waals surface area contributed by atoms with E-state index in [9.17, 15) is 9.59 Å². The van der Waals surface area contributed by atoms with Crippen LogP contribution in [0, 0.1) is 5.92 Å². The van der Waals surface area contributed by atoms with Crippen LogP contribution in [0.25, 0.3) is 0 Å². The first kappa shape index (κ1) is 17.0. The number of urea groups is 1. The van der Waals surface area contributed by atoms with Crippen molar-refractivity contribution in [3.63, 3.8) is 0 Å². The smallest absolute Gasteiger partial charge is 0.335 e. The molecule has 0 bridgehead atoms. The number of hydrogen-bond donors (Lipinski definition) is 3. The molecule has 0 aliphatic carbocycles. The van der Waals surface area contributed by atoms with Crippen LogP contribution in [0.3, 0.4) is 0 Å². The summed E-state index contributed by atoms with van der Waals surface area (Å²) in [5.41, 5.74) is 1.13. The third-order valence-electron chi connectivity index (χ3n) is 2.94. The molecule has 0 saturated heterocycles. The van der Waals surface area contributed by atoms with E-state index in [-0.39, 0.29) is 17.5 Å². The van der Waals surface area contributed by atoms with Crippen molar-refractivity contribution in [1.29, 1.82) is 0 Å². The van der Waals surface area contributed by atoms with Gasteiger partial charge in [-0.05, 0) is 30.0 Å². The van der Waals surface area contributed by atoms with Crippen LogP contribution in [0.15, 0.2) is 24.3 Å². The molecule has 21 heavy (non-hydrogen) atoms. The maximum Gasteiger partial charge on any atom is 0.335 e. The average Bonchev–Trinajstić information content (AvgIpc) is 2.46. The number of carbonyl (C=O) groups excluding carboxylic acids is 1. The predicted octanol–water partition coefficient (Wildman–Crippen LogP) is 1.51. The first-order chi connectivity index (χ1) is 10.0. The molecule has 1 atom stereocenters. The van der Waals surface area contributed by atoms with Crippen LogP contribution < -0.4 is 10.6 Å². The minimum Gasteiger partial charge on any atom is -0.478 e. The van der Waals surface area contributed by atoms with E-state index in [1.807, 2.05) is 13.0 Å². The summed E-state index contributed by atoms with van der Waals surface area (Å²) in [6.07, 6.45) is 0.585. The lowest BCUT2D eigenvalue weighted by atomic mass is 10.1. The van der Waals surface area contributed by atoms with Crippen molar-refractivity contribution < 1.29 is 19.4 Å². The molecule has 116 valence electrons. The number of carbonyl (C=O) groups is 2. The van der Waals surface area contributed by atoms with Gasteiger partial charge in [0.25, 0.3) is 0 Å². The molecule has 1 aromatic rings. The number of amides is 2. The third kappa shape index (κ3) is 6.76. The molecule has 1 aromatic carbocycles. The second-order valence-electron chi connectivity index (χ2n) is 4.95. The zero-order chi connectivity index (χ0) is 15.7. The van der Waals surface area contributed by atoms with Gasteiger partial charge in [-0.15, -0.1) is 0 Å². The van der Waals surface area contributed by atoms with Gasteiger partial charge in [0.2, 0.25) is 0 Å². The maximum absolute atomic E-state index is 11.6. The largest absolute Gasteiger partial charge is 0.478 e. The Morgan fingerprint density at radius 3 is 2.76 bits per heavy atom. The number of carboxylic acid groups (broad SMARTS) is 1. The molecule has 1 rings (SSSR count). The van der Waals surface area contributed by atoms with Gasteiger partial charge in [0.15, 0.2) is 0 Å². The van der Waals surface area contributed by atoms with E-state index in [0.717, 1.165) is 5.56 Å². The molecule has 2 amide bonds. The fourth-order valence-corrected chi connectivity index (χ4v) is 1.85. The summed E-state index contributed by atoms with van der Waals surface area (Å²) in [6, 6.07) is 6.47. The number of benzene rings is 1. The van der Waals surface area contributed by atoms with Crippen molar-refractivity contribution in [3.05, 3.63) is 35.4 Å². The predicted molar refractivity (Wildman–Crippen MR) is 79.5 cm³/mol. The summed E-state index contributed by atoms with van der Waals surface area (Å²) in [7, 11) is 1.63. The SMILES string of the molecule is COCC(C)CNC(=O)NCCc1cccc(C(=O)O)c1. The van der Waals surface area contributed by atoms with Crippen LogP contribution >= 0.6 is 0 Å². The molecule has 0 aromatic heterocycles. The fourth-order valence-electron chi connectivity index (χ4n) is 1.85. The lowest BCUT2D eigenvalue weighted by Crippen LogP contribution is -2.39. The van der Waals surface area contributed by atoms with Crippen molar-refractivity contribution >= 4 is 12.0 Å². The second kappa shape index (κ2) is 8.97. The van der Waals surface area contributed by atoms with Crippen LogP contribution in [0.2, 0.25) is 0 Å². The number of rotatable bonds is 8. The zero-order valence-corrected chi connectivity index (χ0v) is 12.4. The Kier molecular flexibility index (Phi) is 7.25. The van der Waals surface area contributed by atoms with E-state index in [4.69, 9.17) is 9.84 Å². The minimum atomic E-state index is -0.949. The van der Waals surface area contributed by atoms with Gasteiger partial charge in [-0.2, -0.15) is 0 Å². The van der Waals surface area contributed by atoms with E-state index < -0.39 is 5.97 Å². The molecule has 0 radical (unpaired) electrons. The first-order valence-corrected chi connectivity index (χ1v) is 6.85. The molecular weight excluding hydrogens is 272 g/mol. The minimum absolute atomic E-state index is 0.229. The van der Waals surface area contributed by atoms with E-state index in [2.05, 4.69) is 10.6 Å². The highest BCUT2D eigenvalue weighted by Crippen LogP contribution is 2.05. The number of hydrogen-bond acceptors (Lipinski definition) is 3. The third-order valence-corrected chi connectivity index (χ3v) is 2.94. The van der Waals surface area contributed by atoms with Gasteiger partial charge in [0, 0.05) is 20.2 Å². The van der Waals surface area contributed by atoms with Crippen molar-refractivity contribution in [3.8, 4) is 0 Å². The van der Waals surface area contributed by atoms with Gasteiger partial charge < -0.3 is 20.5 Å². The van der Waals surface area contributed by atoms with Crippen molar-refractivity contribution in [2.75, 3.05) is 26.8 Å². The molecule has 0 spiro atoms. The van der Waals surface area contributed by atoms with Gasteiger partial charge in [0.05, 0.1) is 12.2 Å². The van der Waals surface area contributed by atoms with E-state index in [1.54, 1.807) is 25.3 Å². The Hall–Kier alpha value is -2.08. The highest BCUT2D eigenvalue weighted by Gasteiger charge is 2.06. The highest BCUT2D eigenvalue weighted by molar-refractivity contribution is 5.87. The Morgan fingerprint density at radius 2 is 2.10 bits per heavy atom. The van der Waals surface area contributed by atoms with E-state index in [1.165, 1.54) is 0 Å². The number of nitrogens with one attached hydrogen (secondary N) is 2. The summed E-state index contributed by atoms with van der Waals surface area (Å²) in [4.78, 5) is 22.4. The Morgan fingerprint density at radius 1 is 1.33 bits per heavy atom. The van der Waals surface area contributed by atoms with Gasteiger partial charge >= 0.3 is 12.0 Å². The molecule has 3 N–H and O–H groups in total. The van der Waals surface area contributed by atoms with Crippen LogP contribution in [-0.4, -0.2) is 43.9 Å². The summed E-state index contributed by atoms with van der Waals surface area (Å²) in [6.45, 7) is 3.59. The molecule has 0 aliphatic heterocycles. The van der Waals surface area contributed by atoms with Gasteiger partial charge in [-0.1, -0.05) is 19.1 Å². The molecule has 0 saturated carbocycles. The quantitative estimate of drug-likeness (QED) is 0.678. The van der Waals surface area contributed by atoms with Crippen LogP contribution in [-0.2, 0) is 11.2 Å². The summed E-state index contributed by atoms with van der Waals surface area (Å²) in [5, 5.41) is 14.4. The lowest BCUT2D eigenvalue weighted by Gasteiger charge is -2.12. The van der Waals surface area contributed by atoms with E-state index in [0.29, 0.717) is 26.1 Å². The Labute approximate surface area is 124 Å². The molecule has 0 heterocycles. The van der Waals surface area contributed by atoms with E-state index >= 15 is 0 Å². The molecule has 6 nitrogen and oxygen atoms in total. The topological polar surface area (TPSA) is 87.7 Å². The maximum atomic E-state index is 11.6. The fraction of sp³-hybridized carbons (Fsp3) is 0.467. The first-order valence-electron chi connectivity index (χ1n) is 6.85. The lowest BCUT2D eigenvalue weighted by molar-refractivity contribution is 0.0696. The van der Waals surface area contributed by atoms with Crippen molar-refractivity contribution in [2.24, 2.45) is 5.92 Å². The Balaban J connectivity index is 2.28. The number of ether oxygens (including phenoxy) is 1. The number of aromatic carboxylic acids is 1. The van der Waals surface area contributed by atoms with Gasteiger partial charge in [0.1, 0.15) is 0 Å². The summed E-state index contributed by atoms with van der Waals surface area (Å²) < 4.78 is 4.99. The monoisotopic (exact) mass is 294 g/mol. The van der Waals surface area contributed by atoms with Gasteiger partial charge in [-0.3, -0.25) is 0 Å². The van der Waals surface area contributed by atoms with Gasteiger partial charge in [-0.25, -0.2) is 9.59 Å². The standard InChI is InChI=1S/C15H22N2O4/c1-11(10-21-2)9-17-15(20)16-7-6-12-4-3-5-13(8-12)14(18)19/h3-5,8,11H,6-7,9-10H2,1-2H3,(H,18,19)(H2,16,17,20). The molecular formula is C15H22N2O4. The van der Waals surface area contributed by atoms with Crippen LogP contribution in [0.4, 0.5) is 4.79 Å². The normalized spacial score (nSPS) is 11.7. The summed E-state index contributed by atoms with van der Waals surface area (Å²) >= 11 is 0. The molecule has 6 heteroatoms. The molecule has 0 fully saturated rings. The zero-order valence-electron chi connectivity index (χ0n) is 12.4. The van der Waals surface area contributed by atoms with Crippen molar-refractivity contribution in [2.45, 2.75) is 13.3 Å².